The Hall–Kier alpha value is -3.06. The van der Waals surface area contributed by atoms with Crippen LogP contribution in [0.1, 0.15) is 60.3 Å². The van der Waals surface area contributed by atoms with Gasteiger partial charge in [-0.25, -0.2) is 4.79 Å². The Balaban J connectivity index is 2.82. The number of aliphatic hydroxyl groups is 1. The van der Waals surface area contributed by atoms with Gasteiger partial charge >= 0.3 is 5.97 Å². The van der Waals surface area contributed by atoms with Gasteiger partial charge in [-0.05, 0) is 52.5 Å². The molecule has 1 unspecified atom stereocenters. The van der Waals surface area contributed by atoms with Crippen LogP contribution in [0.3, 0.4) is 0 Å². The van der Waals surface area contributed by atoms with Crippen molar-refractivity contribution in [3.05, 3.63) is 0 Å². The van der Waals surface area contributed by atoms with E-state index in [2.05, 4.69) is 26.1 Å². The Morgan fingerprint density at radius 3 is 2.25 bits per heavy atom. The van der Waals surface area contributed by atoms with E-state index in [1.165, 1.54) is 20.9 Å². The summed E-state index contributed by atoms with van der Waals surface area (Å²) in [5.41, 5.74) is -0.389. The van der Waals surface area contributed by atoms with Gasteiger partial charge in [-0.2, -0.15) is 0 Å². The number of esters is 1. The summed E-state index contributed by atoms with van der Waals surface area (Å²) in [4.78, 5) is 74.3. The molecule has 0 bridgehead atoms. The van der Waals surface area contributed by atoms with Crippen LogP contribution in [0, 0.1) is 5.92 Å². The van der Waals surface area contributed by atoms with Crippen molar-refractivity contribution in [1.29, 1.82) is 0 Å². The first-order valence-corrected chi connectivity index (χ1v) is 12.0. The molecular formula is C23H39N5O8. The first kappa shape index (κ1) is 31.0. The molecule has 4 atom stereocenters. The third kappa shape index (κ3) is 8.86. The molecule has 0 spiro atoms. The van der Waals surface area contributed by atoms with Crippen molar-refractivity contribution >= 4 is 35.4 Å². The summed E-state index contributed by atoms with van der Waals surface area (Å²) in [6.07, 6.45) is 0.820. The standard InChI is InChI=1S/C23H39N5O8/c1-7-36-22(34)23(35,15(5)29)12-18(30)28(6)27-21(33)17(11-13(2)3)26-19(31)14(4)25-20(32)16-9-8-10-24-16/h13-14,16-17,24,35H,7-12H2,1-6H3,(H,25,32)(H,26,31)(H,27,33)/t14-,16-,17-,23?/m0/s1. The van der Waals surface area contributed by atoms with Crippen LogP contribution >= 0.6 is 0 Å². The molecule has 36 heavy (non-hydrogen) atoms. The molecule has 0 radical (unpaired) electrons. The summed E-state index contributed by atoms with van der Waals surface area (Å²) in [5, 5.41) is 19.4. The highest BCUT2D eigenvalue weighted by molar-refractivity contribution is 6.09. The topological polar surface area (TPSA) is 183 Å². The average Bonchev–Trinajstić information content (AvgIpc) is 3.33. The highest BCUT2D eigenvalue weighted by Crippen LogP contribution is 2.16. The quantitative estimate of drug-likeness (QED) is 0.118. The second-order valence-electron chi connectivity index (χ2n) is 9.31. The van der Waals surface area contributed by atoms with Crippen molar-refractivity contribution in [2.24, 2.45) is 5.92 Å². The number of nitrogens with zero attached hydrogens (tertiary/aromatic N) is 1. The first-order chi connectivity index (χ1) is 16.7. The average molecular weight is 514 g/mol. The molecule has 0 aromatic heterocycles. The van der Waals surface area contributed by atoms with E-state index in [0.29, 0.717) is 6.42 Å². The highest BCUT2D eigenvalue weighted by Gasteiger charge is 2.45. The van der Waals surface area contributed by atoms with Crippen LogP contribution in [-0.2, 0) is 33.5 Å². The van der Waals surface area contributed by atoms with E-state index in [1.54, 1.807) is 0 Å². The zero-order valence-corrected chi connectivity index (χ0v) is 21.8. The fourth-order valence-electron chi connectivity index (χ4n) is 3.52. The van der Waals surface area contributed by atoms with E-state index in [0.717, 1.165) is 24.9 Å². The molecule has 1 saturated heterocycles. The second kappa shape index (κ2) is 13.9. The minimum atomic E-state index is -2.69. The van der Waals surface area contributed by atoms with E-state index in [-0.39, 0.29) is 30.9 Å². The SMILES string of the molecule is CCOC(=O)C(O)(CC(=O)N(C)NC(=O)[C@H](CC(C)C)NC(=O)[C@H](C)NC(=O)[C@@H]1CCCN1)C(C)=O. The number of hydrogen-bond donors (Lipinski definition) is 5. The minimum absolute atomic E-state index is 0.0127. The van der Waals surface area contributed by atoms with Crippen LogP contribution in [0.2, 0.25) is 0 Å². The Labute approximate surface area is 211 Å². The van der Waals surface area contributed by atoms with Crippen molar-refractivity contribution < 1.29 is 38.6 Å². The molecule has 0 aliphatic carbocycles. The van der Waals surface area contributed by atoms with Gasteiger partial charge in [0, 0.05) is 7.05 Å². The molecule has 204 valence electrons. The van der Waals surface area contributed by atoms with Crippen LogP contribution in [0.25, 0.3) is 0 Å². The first-order valence-electron chi connectivity index (χ1n) is 12.0. The summed E-state index contributed by atoms with van der Waals surface area (Å²) in [6, 6.07) is -2.32. The van der Waals surface area contributed by atoms with Gasteiger partial charge in [0.05, 0.1) is 19.1 Å². The molecule has 1 heterocycles. The maximum atomic E-state index is 12.9. The number of hydrazine groups is 1. The molecule has 0 saturated carbocycles. The summed E-state index contributed by atoms with van der Waals surface area (Å²) in [5.74, 6) is -4.81. The van der Waals surface area contributed by atoms with Crippen molar-refractivity contribution in [3.63, 3.8) is 0 Å². The Morgan fingerprint density at radius 1 is 1.11 bits per heavy atom. The molecule has 5 N–H and O–H groups in total. The fourth-order valence-corrected chi connectivity index (χ4v) is 3.52. The number of Topliss-reactive ketones (excluding diaryl/α,β-unsaturated/α-hetero) is 1. The zero-order valence-electron chi connectivity index (χ0n) is 21.8. The lowest BCUT2D eigenvalue weighted by Crippen LogP contribution is -2.58. The number of carbonyl (C=O) groups excluding carboxylic acids is 6. The molecule has 4 amide bonds. The van der Waals surface area contributed by atoms with Gasteiger partial charge in [-0.15, -0.1) is 0 Å². The van der Waals surface area contributed by atoms with Crippen LogP contribution < -0.4 is 21.4 Å². The van der Waals surface area contributed by atoms with Crippen LogP contribution in [0.5, 0.6) is 0 Å². The number of rotatable bonds is 12. The number of nitrogens with one attached hydrogen (secondary N) is 4. The summed E-state index contributed by atoms with van der Waals surface area (Å²) in [7, 11) is 1.18. The monoisotopic (exact) mass is 513 g/mol. The maximum absolute atomic E-state index is 12.9. The summed E-state index contributed by atoms with van der Waals surface area (Å²) in [6.45, 7) is 8.22. The lowest BCUT2D eigenvalue weighted by atomic mass is 9.95. The third-order valence-corrected chi connectivity index (χ3v) is 5.72. The predicted molar refractivity (Wildman–Crippen MR) is 128 cm³/mol. The van der Waals surface area contributed by atoms with Gasteiger partial charge in [0.15, 0.2) is 5.78 Å². The minimum Gasteiger partial charge on any atom is -0.464 e. The second-order valence-corrected chi connectivity index (χ2v) is 9.31. The molecule has 1 aliphatic heterocycles. The molecule has 13 nitrogen and oxygen atoms in total. The zero-order chi connectivity index (χ0) is 27.6. The van der Waals surface area contributed by atoms with Crippen molar-refractivity contribution in [2.45, 2.75) is 84.0 Å². The molecule has 0 aromatic rings. The van der Waals surface area contributed by atoms with E-state index in [1.807, 2.05) is 13.8 Å². The number of amides is 4. The lowest BCUT2D eigenvalue weighted by molar-refractivity contribution is -0.173. The van der Waals surface area contributed by atoms with E-state index in [4.69, 9.17) is 0 Å². The Morgan fingerprint density at radius 2 is 1.75 bits per heavy atom. The van der Waals surface area contributed by atoms with Gasteiger partial charge in [0.2, 0.25) is 23.3 Å². The molecule has 1 fully saturated rings. The molecule has 1 rings (SSSR count). The van der Waals surface area contributed by atoms with Gasteiger partial charge in [-0.1, -0.05) is 13.8 Å². The van der Waals surface area contributed by atoms with Crippen LogP contribution in [-0.4, -0.2) is 89.4 Å². The fraction of sp³-hybridized carbons (Fsp3) is 0.739. The Kier molecular flexibility index (Phi) is 11.9. The summed E-state index contributed by atoms with van der Waals surface area (Å²) >= 11 is 0. The number of ether oxygens (including phenoxy) is 1. The van der Waals surface area contributed by atoms with E-state index in [9.17, 15) is 33.9 Å². The normalized spacial score (nSPS) is 18.4. The largest absolute Gasteiger partial charge is 0.464 e. The van der Waals surface area contributed by atoms with Crippen molar-refractivity contribution in [1.82, 2.24) is 26.4 Å². The molecular weight excluding hydrogens is 474 g/mol. The van der Waals surface area contributed by atoms with Gasteiger partial charge in [0.25, 0.3) is 5.91 Å². The number of ketones is 1. The highest BCUT2D eigenvalue weighted by atomic mass is 16.5. The lowest BCUT2D eigenvalue weighted by Gasteiger charge is -2.28. The van der Waals surface area contributed by atoms with Gasteiger partial charge < -0.3 is 25.8 Å². The van der Waals surface area contributed by atoms with E-state index >= 15 is 0 Å². The number of carbonyl (C=O) groups is 6. The van der Waals surface area contributed by atoms with Gasteiger partial charge in [-0.3, -0.25) is 34.4 Å². The van der Waals surface area contributed by atoms with Crippen molar-refractivity contribution in [3.8, 4) is 0 Å². The predicted octanol–water partition coefficient (Wildman–Crippen LogP) is -1.46. The maximum Gasteiger partial charge on any atom is 0.346 e. The van der Waals surface area contributed by atoms with Crippen LogP contribution in [0.15, 0.2) is 0 Å². The smallest absolute Gasteiger partial charge is 0.346 e. The van der Waals surface area contributed by atoms with E-state index < -0.39 is 53.6 Å². The molecule has 13 heteroatoms. The third-order valence-electron chi connectivity index (χ3n) is 5.72. The summed E-state index contributed by atoms with van der Waals surface area (Å²) < 4.78 is 4.69. The Bertz CT molecular complexity index is 842. The molecule has 1 aliphatic rings. The van der Waals surface area contributed by atoms with Gasteiger partial charge in [0.1, 0.15) is 12.1 Å². The molecule has 0 aromatic carbocycles. The number of hydrogen-bond acceptors (Lipinski definition) is 9. The van der Waals surface area contributed by atoms with Crippen LogP contribution in [0.4, 0.5) is 0 Å². The van der Waals surface area contributed by atoms with Crippen molar-refractivity contribution in [2.75, 3.05) is 20.2 Å².